The van der Waals surface area contributed by atoms with Crippen molar-refractivity contribution in [1.29, 1.82) is 0 Å². The fraction of sp³-hybridized carbons (Fsp3) is 0.615. The summed E-state index contributed by atoms with van der Waals surface area (Å²) in [5.74, 6) is -0.0875. The van der Waals surface area contributed by atoms with Gasteiger partial charge in [-0.25, -0.2) is 0 Å². The number of esters is 1. The van der Waals surface area contributed by atoms with E-state index in [1.54, 1.807) is 11.3 Å². The summed E-state index contributed by atoms with van der Waals surface area (Å²) in [5.41, 5.74) is 1.45. The molecule has 0 saturated carbocycles. The standard InChI is InChI=1S/C13H20O2S/c1-13(2,3)7-8-15-12(14)5-4-11-6-9-16-10-11/h6,9-10H,4-5,7-8H2,1-3H3. The molecule has 0 bridgehead atoms. The Labute approximate surface area is 102 Å². The first-order valence-electron chi connectivity index (χ1n) is 5.64. The first-order valence-corrected chi connectivity index (χ1v) is 6.58. The first kappa shape index (κ1) is 13.2. The predicted octanol–water partition coefficient (Wildman–Crippen LogP) is 3.66. The van der Waals surface area contributed by atoms with Crippen molar-refractivity contribution in [2.75, 3.05) is 6.61 Å². The van der Waals surface area contributed by atoms with Crippen LogP contribution in [0.5, 0.6) is 0 Å². The Morgan fingerprint density at radius 1 is 1.44 bits per heavy atom. The monoisotopic (exact) mass is 240 g/mol. The summed E-state index contributed by atoms with van der Waals surface area (Å²) in [5, 5.41) is 4.10. The van der Waals surface area contributed by atoms with E-state index < -0.39 is 0 Å². The van der Waals surface area contributed by atoms with Crippen LogP contribution in [0.15, 0.2) is 16.8 Å². The molecule has 0 amide bonds. The molecule has 1 rings (SSSR count). The minimum absolute atomic E-state index is 0.0875. The van der Waals surface area contributed by atoms with Crippen molar-refractivity contribution >= 4 is 17.3 Å². The van der Waals surface area contributed by atoms with Gasteiger partial charge in [0.2, 0.25) is 0 Å². The quantitative estimate of drug-likeness (QED) is 0.734. The molecule has 16 heavy (non-hydrogen) atoms. The molecule has 0 saturated heterocycles. The Hall–Kier alpha value is -0.830. The molecule has 0 aliphatic rings. The van der Waals surface area contributed by atoms with E-state index in [1.807, 2.05) is 11.4 Å². The van der Waals surface area contributed by atoms with Crippen molar-refractivity contribution in [3.05, 3.63) is 22.4 Å². The highest BCUT2D eigenvalue weighted by Gasteiger charge is 2.11. The number of thiophene rings is 1. The zero-order valence-corrected chi connectivity index (χ0v) is 11.1. The summed E-state index contributed by atoms with van der Waals surface area (Å²) < 4.78 is 5.18. The molecule has 0 radical (unpaired) electrons. The molecule has 0 aliphatic heterocycles. The zero-order valence-electron chi connectivity index (χ0n) is 10.3. The summed E-state index contributed by atoms with van der Waals surface area (Å²) in [6.07, 6.45) is 2.19. The van der Waals surface area contributed by atoms with Crippen LogP contribution in [-0.2, 0) is 16.0 Å². The van der Waals surface area contributed by atoms with Gasteiger partial charge < -0.3 is 4.74 Å². The second-order valence-electron chi connectivity index (χ2n) is 5.16. The van der Waals surface area contributed by atoms with E-state index in [0.717, 1.165) is 12.8 Å². The predicted molar refractivity (Wildman–Crippen MR) is 67.7 cm³/mol. The highest BCUT2D eigenvalue weighted by Crippen LogP contribution is 2.18. The van der Waals surface area contributed by atoms with Gasteiger partial charge in [0.05, 0.1) is 6.61 Å². The van der Waals surface area contributed by atoms with Gasteiger partial charge in [0, 0.05) is 6.42 Å². The highest BCUT2D eigenvalue weighted by molar-refractivity contribution is 7.07. The molecule has 0 unspecified atom stereocenters. The van der Waals surface area contributed by atoms with E-state index in [-0.39, 0.29) is 11.4 Å². The molecular formula is C13H20O2S. The molecule has 3 heteroatoms. The van der Waals surface area contributed by atoms with Gasteiger partial charge in [-0.2, -0.15) is 11.3 Å². The second kappa shape index (κ2) is 6.04. The van der Waals surface area contributed by atoms with Crippen LogP contribution in [0.2, 0.25) is 0 Å². The smallest absolute Gasteiger partial charge is 0.306 e. The van der Waals surface area contributed by atoms with Crippen LogP contribution < -0.4 is 0 Å². The molecular weight excluding hydrogens is 220 g/mol. The minimum atomic E-state index is -0.0875. The lowest BCUT2D eigenvalue weighted by Gasteiger charge is -2.17. The third kappa shape index (κ3) is 5.91. The maximum atomic E-state index is 11.4. The largest absolute Gasteiger partial charge is 0.466 e. The fourth-order valence-corrected chi connectivity index (χ4v) is 1.93. The number of carbonyl (C=O) groups excluding carboxylic acids is 1. The van der Waals surface area contributed by atoms with Gasteiger partial charge in [0.1, 0.15) is 0 Å². The lowest BCUT2D eigenvalue weighted by Crippen LogP contribution is -2.13. The maximum absolute atomic E-state index is 11.4. The zero-order chi connectivity index (χ0) is 12.0. The van der Waals surface area contributed by atoms with E-state index in [9.17, 15) is 4.79 Å². The molecule has 0 aliphatic carbocycles. The van der Waals surface area contributed by atoms with Crippen LogP contribution in [0.4, 0.5) is 0 Å². The van der Waals surface area contributed by atoms with Gasteiger partial charge in [-0.3, -0.25) is 4.79 Å². The van der Waals surface area contributed by atoms with Crippen LogP contribution in [0.3, 0.4) is 0 Å². The number of ether oxygens (including phenoxy) is 1. The summed E-state index contributed by atoms with van der Waals surface area (Å²) >= 11 is 1.66. The Morgan fingerprint density at radius 3 is 2.75 bits per heavy atom. The SMILES string of the molecule is CC(C)(C)CCOC(=O)CCc1ccsc1. The summed E-state index contributed by atoms with van der Waals surface area (Å²) in [6, 6.07) is 2.05. The number of hydrogen-bond acceptors (Lipinski definition) is 3. The van der Waals surface area contributed by atoms with Crippen molar-refractivity contribution in [2.45, 2.75) is 40.0 Å². The maximum Gasteiger partial charge on any atom is 0.306 e. The lowest BCUT2D eigenvalue weighted by atomic mass is 9.93. The van der Waals surface area contributed by atoms with E-state index in [2.05, 4.69) is 26.2 Å². The summed E-state index contributed by atoms with van der Waals surface area (Å²) in [6.45, 7) is 6.97. The molecule has 0 fully saturated rings. The van der Waals surface area contributed by atoms with Crippen molar-refractivity contribution in [3.8, 4) is 0 Å². The molecule has 0 N–H and O–H groups in total. The number of aryl methyl sites for hydroxylation is 1. The van der Waals surface area contributed by atoms with Gasteiger partial charge in [-0.05, 0) is 40.6 Å². The van der Waals surface area contributed by atoms with E-state index in [4.69, 9.17) is 4.74 Å². The number of rotatable bonds is 5. The molecule has 2 nitrogen and oxygen atoms in total. The van der Waals surface area contributed by atoms with Crippen LogP contribution in [0.25, 0.3) is 0 Å². The molecule has 1 aromatic heterocycles. The van der Waals surface area contributed by atoms with Crippen LogP contribution in [0, 0.1) is 5.41 Å². The van der Waals surface area contributed by atoms with E-state index in [0.29, 0.717) is 13.0 Å². The third-order valence-corrected chi connectivity index (χ3v) is 3.05. The average Bonchev–Trinajstić information content (AvgIpc) is 2.65. The molecule has 1 heterocycles. The van der Waals surface area contributed by atoms with Crippen LogP contribution >= 0.6 is 11.3 Å². The van der Waals surface area contributed by atoms with Crippen LogP contribution in [-0.4, -0.2) is 12.6 Å². The van der Waals surface area contributed by atoms with Crippen molar-refractivity contribution in [1.82, 2.24) is 0 Å². The van der Waals surface area contributed by atoms with Crippen molar-refractivity contribution < 1.29 is 9.53 Å². The summed E-state index contributed by atoms with van der Waals surface area (Å²) in [7, 11) is 0. The minimum Gasteiger partial charge on any atom is -0.466 e. The van der Waals surface area contributed by atoms with Crippen molar-refractivity contribution in [3.63, 3.8) is 0 Å². The Balaban J connectivity index is 2.12. The Bertz CT molecular complexity index is 309. The fourth-order valence-electron chi connectivity index (χ4n) is 1.22. The highest BCUT2D eigenvalue weighted by atomic mass is 32.1. The first-order chi connectivity index (χ1) is 7.47. The third-order valence-electron chi connectivity index (χ3n) is 2.31. The van der Waals surface area contributed by atoms with Gasteiger partial charge in [-0.1, -0.05) is 20.8 Å². The molecule has 0 atom stereocenters. The van der Waals surface area contributed by atoms with Crippen LogP contribution in [0.1, 0.15) is 39.2 Å². The normalized spacial score (nSPS) is 11.4. The van der Waals surface area contributed by atoms with Gasteiger partial charge in [0.25, 0.3) is 0 Å². The molecule has 1 aromatic rings. The van der Waals surface area contributed by atoms with Gasteiger partial charge in [0.15, 0.2) is 0 Å². The average molecular weight is 240 g/mol. The summed E-state index contributed by atoms with van der Waals surface area (Å²) in [4.78, 5) is 11.4. The molecule has 0 aromatic carbocycles. The Kier molecular flexibility index (Phi) is 5.00. The topological polar surface area (TPSA) is 26.3 Å². The van der Waals surface area contributed by atoms with E-state index >= 15 is 0 Å². The Morgan fingerprint density at radius 2 is 2.19 bits per heavy atom. The van der Waals surface area contributed by atoms with E-state index in [1.165, 1.54) is 5.56 Å². The van der Waals surface area contributed by atoms with Crippen molar-refractivity contribution in [2.24, 2.45) is 5.41 Å². The van der Waals surface area contributed by atoms with Gasteiger partial charge in [-0.15, -0.1) is 0 Å². The molecule has 90 valence electrons. The lowest BCUT2D eigenvalue weighted by molar-refractivity contribution is -0.144. The molecule has 0 spiro atoms. The second-order valence-corrected chi connectivity index (χ2v) is 5.94. The number of carbonyl (C=O) groups is 1. The number of hydrogen-bond donors (Lipinski definition) is 0. The van der Waals surface area contributed by atoms with Gasteiger partial charge >= 0.3 is 5.97 Å².